The first-order chi connectivity index (χ1) is 13.3. The number of imide groups is 1. The Morgan fingerprint density at radius 1 is 1.07 bits per heavy atom. The number of hydrogen-bond donors (Lipinski definition) is 1. The first-order valence-corrected chi connectivity index (χ1v) is 11.1. The number of nitrogens with one attached hydrogen (secondary N) is 1. The number of halogens is 1. The molecule has 6 heteroatoms. The van der Waals surface area contributed by atoms with Crippen molar-refractivity contribution in [1.82, 2.24) is 0 Å². The third-order valence-electron chi connectivity index (χ3n) is 7.12. The Hall–Kier alpha value is -1.69. The van der Waals surface area contributed by atoms with Crippen LogP contribution in [0.5, 0.6) is 0 Å². The van der Waals surface area contributed by atoms with Gasteiger partial charge in [0.05, 0.1) is 11.4 Å². The summed E-state index contributed by atoms with van der Waals surface area (Å²) in [6.07, 6.45) is 8.17. The molecular formula is C22H25BrN2O3. The molecule has 2 unspecified atom stereocenters. The predicted molar refractivity (Wildman–Crippen MR) is 110 cm³/mol. The summed E-state index contributed by atoms with van der Waals surface area (Å²) in [7, 11) is 0. The number of benzene rings is 1. The molecule has 2 atom stereocenters. The minimum absolute atomic E-state index is 0.00963. The lowest BCUT2D eigenvalue weighted by Gasteiger charge is -2.60. The van der Waals surface area contributed by atoms with Gasteiger partial charge in [0.25, 0.3) is 0 Å². The maximum absolute atomic E-state index is 13.0. The smallest absolute Gasteiger partial charge is 0.234 e. The van der Waals surface area contributed by atoms with Crippen molar-refractivity contribution in [2.45, 2.75) is 62.1 Å². The molecule has 6 rings (SSSR count). The van der Waals surface area contributed by atoms with Crippen LogP contribution >= 0.6 is 15.9 Å². The molecule has 1 heterocycles. The van der Waals surface area contributed by atoms with Crippen LogP contribution in [-0.2, 0) is 14.4 Å². The predicted octanol–water partition coefficient (Wildman–Crippen LogP) is 4.40. The molecule has 0 aromatic heterocycles. The van der Waals surface area contributed by atoms with Crippen LogP contribution in [0, 0.1) is 17.3 Å². The standard InChI is InChI=1S/C22H25BrN2O3/c23-22-10-14-7-15(11-22)9-21(8-14,13-22)12-18(26)24-16-3-1-2-4-17(16)25-19(27)5-6-20(25)28/h1-4,14-15H,5-13H2,(H,24,26). The molecule has 4 bridgehead atoms. The summed E-state index contributed by atoms with van der Waals surface area (Å²) in [5, 5.41) is 3.02. The number of anilines is 2. The molecule has 1 N–H and O–H groups in total. The van der Waals surface area contributed by atoms with Gasteiger partial charge in [0, 0.05) is 23.6 Å². The summed E-state index contributed by atoms with van der Waals surface area (Å²) in [5.74, 6) is 1.06. The van der Waals surface area contributed by atoms with Crippen LogP contribution in [0.1, 0.15) is 57.8 Å². The van der Waals surface area contributed by atoms with E-state index in [9.17, 15) is 14.4 Å². The Morgan fingerprint density at radius 2 is 1.71 bits per heavy atom. The van der Waals surface area contributed by atoms with Crippen molar-refractivity contribution in [3.63, 3.8) is 0 Å². The zero-order chi connectivity index (χ0) is 19.5. The van der Waals surface area contributed by atoms with Crippen molar-refractivity contribution in [3.05, 3.63) is 24.3 Å². The minimum atomic E-state index is -0.200. The molecule has 4 saturated carbocycles. The van der Waals surface area contributed by atoms with E-state index in [-0.39, 0.29) is 40.3 Å². The molecular weight excluding hydrogens is 420 g/mol. The number of carbonyl (C=O) groups excluding carboxylic acids is 3. The van der Waals surface area contributed by atoms with Crippen molar-refractivity contribution in [2.24, 2.45) is 17.3 Å². The summed E-state index contributed by atoms with van der Waals surface area (Å²) in [4.78, 5) is 38.5. The number of para-hydroxylation sites is 2. The molecule has 4 aliphatic carbocycles. The third kappa shape index (κ3) is 3.10. The van der Waals surface area contributed by atoms with E-state index in [4.69, 9.17) is 0 Å². The van der Waals surface area contributed by atoms with Gasteiger partial charge in [0.1, 0.15) is 0 Å². The summed E-state index contributed by atoms with van der Waals surface area (Å²) >= 11 is 4.01. The molecule has 5 fully saturated rings. The zero-order valence-corrected chi connectivity index (χ0v) is 17.5. The van der Waals surface area contributed by atoms with Gasteiger partial charge in [-0.25, -0.2) is 4.90 Å². The monoisotopic (exact) mass is 444 g/mol. The lowest BCUT2D eigenvalue weighted by atomic mass is 9.48. The number of rotatable bonds is 4. The van der Waals surface area contributed by atoms with Gasteiger partial charge >= 0.3 is 0 Å². The Kier molecular flexibility index (Phi) is 4.20. The van der Waals surface area contributed by atoms with E-state index >= 15 is 0 Å². The summed E-state index contributed by atoms with van der Waals surface area (Å²) < 4.78 is 0.226. The lowest BCUT2D eigenvalue weighted by molar-refractivity contribution is -0.124. The second-order valence-corrected chi connectivity index (χ2v) is 11.2. The number of carbonyl (C=O) groups is 3. The van der Waals surface area contributed by atoms with Crippen LogP contribution in [0.15, 0.2) is 24.3 Å². The van der Waals surface area contributed by atoms with Gasteiger partial charge in [-0.2, -0.15) is 0 Å². The van der Waals surface area contributed by atoms with Gasteiger partial charge in [-0.15, -0.1) is 0 Å². The maximum atomic E-state index is 13.0. The average Bonchev–Trinajstić information content (AvgIpc) is 2.91. The Bertz CT molecular complexity index is 837. The van der Waals surface area contributed by atoms with Crippen LogP contribution in [0.2, 0.25) is 0 Å². The van der Waals surface area contributed by atoms with E-state index in [0.717, 1.165) is 31.1 Å². The van der Waals surface area contributed by atoms with Gasteiger partial charge in [0.15, 0.2) is 0 Å². The van der Waals surface area contributed by atoms with Crippen LogP contribution < -0.4 is 10.2 Å². The molecule has 1 aromatic rings. The van der Waals surface area contributed by atoms with Gasteiger partial charge in [-0.1, -0.05) is 28.1 Å². The van der Waals surface area contributed by atoms with Crippen LogP contribution in [-0.4, -0.2) is 22.0 Å². The van der Waals surface area contributed by atoms with Gasteiger partial charge in [0.2, 0.25) is 17.7 Å². The molecule has 5 nitrogen and oxygen atoms in total. The quantitative estimate of drug-likeness (QED) is 0.552. The molecule has 148 valence electrons. The Morgan fingerprint density at radius 3 is 2.36 bits per heavy atom. The molecule has 1 aliphatic heterocycles. The summed E-state index contributed by atoms with van der Waals surface area (Å²) in [6, 6.07) is 7.12. The van der Waals surface area contributed by atoms with Crippen molar-refractivity contribution >= 4 is 45.0 Å². The normalized spacial score (nSPS) is 36.2. The second-order valence-electron chi connectivity index (χ2n) is 9.48. The van der Waals surface area contributed by atoms with Crippen LogP contribution in [0.25, 0.3) is 0 Å². The minimum Gasteiger partial charge on any atom is -0.324 e. The van der Waals surface area contributed by atoms with Gasteiger partial charge < -0.3 is 5.32 Å². The van der Waals surface area contributed by atoms with Crippen molar-refractivity contribution in [2.75, 3.05) is 10.2 Å². The molecule has 1 aromatic carbocycles. The van der Waals surface area contributed by atoms with E-state index in [0.29, 0.717) is 17.8 Å². The highest BCUT2D eigenvalue weighted by molar-refractivity contribution is 9.10. The first-order valence-electron chi connectivity index (χ1n) is 10.3. The second kappa shape index (κ2) is 6.41. The van der Waals surface area contributed by atoms with Crippen LogP contribution in [0.4, 0.5) is 11.4 Å². The first kappa shape index (κ1) is 18.3. The number of amides is 3. The fraction of sp³-hybridized carbons (Fsp3) is 0.591. The van der Waals surface area contributed by atoms with Crippen molar-refractivity contribution in [1.29, 1.82) is 0 Å². The highest BCUT2D eigenvalue weighted by atomic mass is 79.9. The largest absolute Gasteiger partial charge is 0.324 e. The van der Waals surface area contributed by atoms with Gasteiger partial charge in [-0.05, 0) is 67.9 Å². The fourth-order valence-corrected chi connectivity index (χ4v) is 8.21. The zero-order valence-electron chi connectivity index (χ0n) is 15.9. The molecule has 0 spiro atoms. The van der Waals surface area contributed by atoms with Gasteiger partial charge in [-0.3, -0.25) is 14.4 Å². The van der Waals surface area contributed by atoms with Crippen molar-refractivity contribution < 1.29 is 14.4 Å². The van der Waals surface area contributed by atoms with E-state index in [2.05, 4.69) is 21.2 Å². The molecule has 5 aliphatic rings. The Balaban J connectivity index is 1.35. The van der Waals surface area contributed by atoms with E-state index in [1.807, 2.05) is 6.07 Å². The summed E-state index contributed by atoms with van der Waals surface area (Å²) in [5.41, 5.74) is 1.13. The molecule has 1 saturated heterocycles. The SMILES string of the molecule is O=C(CC12CC3CC(CC(Br)(C3)C1)C2)Nc1ccccc1N1C(=O)CCC1=O. The van der Waals surface area contributed by atoms with E-state index in [1.54, 1.807) is 18.2 Å². The molecule has 3 amide bonds. The number of nitrogens with zero attached hydrogens (tertiary/aromatic N) is 1. The fourth-order valence-electron chi connectivity index (χ4n) is 6.70. The Labute approximate surface area is 173 Å². The highest BCUT2D eigenvalue weighted by Gasteiger charge is 2.57. The summed E-state index contributed by atoms with van der Waals surface area (Å²) in [6.45, 7) is 0. The van der Waals surface area contributed by atoms with E-state index in [1.165, 1.54) is 24.2 Å². The third-order valence-corrected chi connectivity index (χ3v) is 8.04. The van der Waals surface area contributed by atoms with Crippen molar-refractivity contribution in [3.8, 4) is 0 Å². The molecule has 0 radical (unpaired) electrons. The van der Waals surface area contributed by atoms with E-state index < -0.39 is 0 Å². The lowest BCUT2D eigenvalue weighted by Crippen LogP contribution is -2.53. The number of alkyl halides is 1. The number of hydrogen-bond acceptors (Lipinski definition) is 3. The molecule has 28 heavy (non-hydrogen) atoms. The maximum Gasteiger partial charge on any atom is 0.234 e. The average molecular weight is 445 g/mol. The van der Waals surface area contributed by atoms with Crippen LogP contribution in [0.3, 0.4) is 0 Å². The highest BCUT2D eigenvalue weighted by Crippen LogP contribution is 2.65. The topological polar surface area (TPSA) is 66.5 Å².